The molecule has 180 valence electrons. The molecule has 0 unspecified atom stereocenters. The Balaban J connectivity index is 1.82. The summed E-state index contributed by atoms with van der Waals surface area (Å²) >= 11 is 0. The van der Waals surface area contributed by atoms with Crippen LogP contribution in [0.25, 0.3) is 0 Å². The van der Waals surface area contributed by atoms with Gasteiger partial charge in [0.2, 0.25) is 5.96 Å². The summed E-state index contributed by atoms with van der Waals surface area (Å²) in [6.45, 7) is 7.90. The van der Waals surface area contributed by atoms with Crippen molar-refractivity contribution >= 4 is 23.2 Å². The van der Waals surface area contributed by atoms with Crippen molar-refractivity contribution in [1.82, 2.24) is 15.1 Å². The zero-order valence-electron chi connectivity index (χ0n) is 20.6. The number of rotatable bonds is 9. The van der Waals surface area contributed by atoms with Crippen LogP contribution in [-0.2, 0) is 13.1 Å². The quantitative estimate of drug-likeness (QED) is 0.362. The molecular weight excluding hydrogens is 428 g/mol. The maximum Gasteiger partial charge on any atom is 0.258 e. The van der Waals surface area contributed by atoms with Crippen molar-refractivity contribution < 1.29 is 9.53 Å². The molecule has 3 rings (SSSR count). The number of ether oxygens (including phenoxy) is 1. The molecule has 0 spiro atoms. The Labute approximate surface area is 201 Å². The van der Waals surface area contributed by atoms with Crippen molar-refractivity contribution in [3.05, 3.63) is 71.5 Å². The monoisotopic (exact) mass is 462 g/mol. The average Bonchev–Trinajstić information content (AvgIpc) is 3.18. The Morgan fingerprint density at radius 2 is 1.91 bits per heavy atom. The molecule has 8 nitrogen and oxygen atoms in total. The summed E-state index contributed by atoms with van der Waals surface area (Å²) in [5.41, 5.74) is 4.25. The van der Waals surface area contributed by atoms with E-state index in [9.17, 15) is 4.79 Å². The van der Waals surface area contributed by atoms with Gasteiger partial charge in [-0.1, -0.05) is 13.0 Å². The largest absolute Gasteiger partial charge is 0.494 e. The van der Waals surface area contributed by atoms with Gasteiger partial charge in [-0.3, -0.25) is 14.8 Å². The van der Waals surface area contributed by atoms with E-state index in [0.29, 0.717) is 24.7 Å². The molecule has 2 N–H and O–H groups in total. The number of nitrogens with one attached hydrogen (secondary N) is 2. The summed E-state index contributed by atoms with van der Waals surface area (Å²) < 4.78 is 7.45. The Kier molecular flexibility index (Phi) is 8.67. The highest BCUT2D eigenvalue weighted by Crippen LogP contribution is 2.17. The van der Waals surface area contributed by atoms with Gasteiger partial charge in [0, 0.05) is 49.3 Å². The lowest BCUT2D eigenvalue weighted by Gasteiger charge is -2.15. The summed E-state index contributed by atoms with van der Waals surface area (Å²) in [5, 5.41) is 10.7. The number of aliphatic imine (C=N–C) groups is 1. The van der Waals surface area contributed by atoms with E-state index in [2.05, 4.69) is 27.6 Å². The van der Waals surface area contributed by atoms with Gasteiger partial charge in [-0.05, 0) is 62.7 Å². The second-order valence-corrected chi connectivity index (χ2v) is 8.15. The molecule has 1 heterocycles. The minimum atomic E-state index is -0.237. The molecule has 0 aliphatic carbocycles. The molecule has 1 amide bonds. The van der Waals surface area contributed by atoms with Crippen molar-refractivity contribution in [2.45, 2.75) is 40.3 Å². The summed E-state index contributed by atoms with van der Waals surface area (Å²) in [4.78, 5) is 19.7. The maximum absolute atomic E-state index is 13.0. The molecule has 1 aromatic heterocycles. The fourth-order valence-corrected chi connectivity index (χ4v) is 3.38. The number of aryl methyl sites for hydroxylation is 2. The van der Waals surface area contributed by atoms with E-state index in [4.69, 9.17) is 4.74 Å². The zero-order chi connectivity index (χ0) is 24.5. The van der Waals surface area contributed by atoms with Gasteiger partial charge in [-0.25, -0.2) is 4.99 Å². The summed E-state index contributed by atoms with van der Waals surface area (Å²) in [6, 6.07) is 15.0. The van der Waals surface area contributed by atoms with Gasteiger partial charge in [0.1, 0.15) is 5.75 Å². The molecule has 0 aliphatic heterocycles. The molecule has 0 aliphatic rings. The van der Waals surface area contributed by atoms with Gasteiger partial charge in [-0.15, -0.1) is 0 Å². The summed E-state index contributed by atoms with van der Waals surface area (Å²) in [7, 11) is 3.89. The van der Waals surface area contributed by atoms with Crippen LogP contribution in [0.1, 0.15) is 41.9 Å². The molecular formula is C26H34N6O2. The van der Waals surface area contributed by atoms with Crippen LogP contribution >= 0.6 is 0 Å². The van der Waals surface area contributed by atoms with Crippen LogP contribution in [0.2, 0.25) is 0 Å². The lowest BCUT2D eigenvalue weighted by atomic mass is 10.2. The van der Waals surface area contributed by atoms with Crippen molar-refractivity contribution in [2.75, 3.05) is 30.9 Å². The second kappa shape index (κ2) is 11.9. The minimum absolute atomic E-state index is 0.237. The van der Waals surface area contributed by atoms with Crippen LogP contribution in [0.5, 0.6) is 5.75 Å². The van der Waals surface area contributed by atoms with Gasteiger partial charge in [0.05, 0.1) is 18.8 Å². The van der Waals surface area contributed by atoms with Gasteiger partial charge in [0.25, 0.3) is 5.91 Å². The third-order valence-electron chi connectivity index (χ3n) is 5.19. The highest BCUT2D eigenvalue weighted by Gasteiger charge is 2.12. The molecule has 0 saturated carbocycles. The topological polar surface area (TPSA) is 83.8 Å². The number of hydrogen-bond acceptors (Lipinski definition) is 5. The Morgan fingerprint density at radius 3 is 2.59 bits per heavy atom. The number of guanidine groups is 1. The van der Waals surface area contributed by atoms with E-state index < -0.39 is 0 Å². The van der Waals surface area contributed by atoms with E-state index in [1.54, 1.807) is 6.07 Å². The average molecular weight is 463 g/mol. The second-order valence-electron chi connectivity index (χ2n) is 8.15. The fourth-order valence-electron chi connectivity index (χ4n) is 3.38. The maximum atomic E-state index is 13.0. The van der Waals surface area contributed by atoms with E-state index in [-0.39, 0.29) is 5.91 Å². The van der Waals surface area contributed by atoms with Crippen LogP contribution in [0.4, 0.5) is 11.4 Å². The van der Waals surface area contributed by atoms with Crippen LogP contribution in [0, 0.1) is 6.92 Å². The fraction of sp³-hybridized carbons (Fsp3) is 0.346. The number of hydrogen-bond donors (Lipinski definition) is 2. The van der Waals surface area contributed by atoms with Crippen molar-refractivity contribution in [3.8, 4) is 5.75 Å². The van der Waals surface area contributed by atoms with Gasteiger partial charge in [-0.2, -0.15) is 5.10 Å². The Hall–Kier alpha value is -3.81. The molecule has 0 radical (unpaired) electrons. The Bertz CT molecular complexity index is 1120. The molecule has 0 atom stereocenters. The molecule has 0 saturated heterocycles. The normalized spacial score (nSPS) is 11.3. The first-order valence-corrected chi connectivity index (χ1v) is 11.6. The first-order chi connectivity index (χ1) is 16.4. The number of carbonyl (C=O) groups is 1. The van der Waals surface area contributed by atoms with Crippen LogP contribution in [0.15, 0.2) is 59.7 Å². The first kappa shape index (κ1) is 24.8. The van der Waals surface area contributed by atoms with E-state index in [1.807, 2.05) is 86.2 Å². The van der Waals surface area contributed by atoms with Crippen LogP contribution in [-0.4, -0.2) is 42.3 Å². The SMILES string of the molecule is CCCn1cc(CN=C(NC(=O)c2cccc(N(C)C)c2)Nc2ccc(OCC)cc2)c(C)n1. The smallest absolute Gasteiger partial charge is 0.258 e. The third kappa shape index (κ3) is 6.84. The molecule has 0 fully saturated rings. The zero-order valence-corrected chi connectivity index (χ0v) is 20.6. The van der Waals surface area contributed by atoms with Gasteiger partial charge < -0.3 is 15.0 Å². The lowest BCUT2D eigenvalue weighted by molar-refractivity contribution is 0.0977. The predicted molar refractivity (Wildman–Crippen MR) is 138 cm³/mol. The van der Waals surface area contributed by atoms with Crippen LogP contribution in [0.3, 0.4) is 0 Å². The van der Waals surface area contributed by atoms with Crippen molar-refractivity contribution in [3.63, 3.8) is 0 Å². The minimum Gasteiger partial charge on any atom is -0.494 e. The van der Waals surface area contributed by atoms with Gasteiger partial charge >= 0.3 is 0 Å². The van der Waals surface area contributed by atoms with E-state index in [0.717, 1.165) is 41.3 Å². The first-order valence-electron chi connectivity index (χ1n) is 11.6. The standard InChI is InChI=1S/C26H34N6O2/c1-6-15-32-18-21(19(3)30-32)17-27-26(28-22-11-13-24(14-12-22)34-7-2)29-25(33)20-9-8-10-23(16-20)31(4)5/h8-14,16,18H,6-7,15,17H2,1-5H3,(H2,27,28,29,33). The van der Waals surface area contributed by atoms with Crippen molar-refractivity contribution in [1.29, 1.82) is 0 Å². The molecule has 8 heteroatoms. The molecule has 0 bridgehead atoms. The highest BCUT2D eigenvalue weighted by atomic mass is 16.5. The summed E-state index contributed by atoms with van der Waals surface area (Å²) in [5.74, 6) is 0.918. The molecule has 3 aromatic rings. The molecule has 34 heavy (non-hydrogen) atoms. The third-order valence-corrected chi connectivity index (χ3v) is 5.19. The van der Waals surface area contributed by atoms with E-state index in [1.165, 1.54) is 0 Å². The van der Waals surface area contributed by atoms with Crippen LogP contribution < -0.4 is 20.3 Å². The summed E-state index contributed by atoms with van der Waals surface area (Å²) in [6.07, 6.45) is 3.02. The number of aromatic nitrogens is 2. The number of nitrogens with zero attached hydrogens (tertiary/aromatic N) is 4. The van der Waals surface area contributed by atoms with Crippen molar-refractivity contribution in [2.24, 2.45) is 4.99 Å². The predicted octanol–water partition coefficient (Wildman–Crippen LogP) is 4.46. The number of benzene rings is 2. The number of amides is 1. The highest BCUT2D eigenvalue weighted by molar-refractivity contribution is 6.10. The number of anilines is 2. The molecule has 2 aromatic carbocycles. The Morgan fingerprint density at radius 1 is 1.15 bits per heavy atom. The van der Waals surface area contributed by atoms with E-state index >= 15 is 0 Å². The van der Waals surface area contributed by atoms with Gasteiger partial charge in [0.15, 0.2) is 0 Å². The lowest BCUT2D eigenvalue weighted by Crippen LogP contribution is -2.36. The number of carbonyl (C=O) groups excluding carboxylic acids is 1.